The van der Waals surface area contributed by atoms with Crippen LogP contribution < -0.4 is 15.4 Å². The lowest BCUT2D eigenvalue weighted by molar-refractivity contribution is 0.0435. The summed E-state index contributed by atoms with van der Waals surface area (Å²) in [5.74, 6) is 0.311. The monoisotopic (exact) mass is 545 g/mol. The van der Waals surface area contributed by atoms with E-state index in [0.717, 1.165) is 37.2 Å². The first-order chi connectivity index (χ1) is 19.5. The highest BCUT2D eigenvalue weighted by molar-refractivity contribution is 5.99. The summed E-state index contributed by atoms with van der Waals surface area (Å²) in [5, 5.41) is 5.59. The van der Waals surface area contributed by atoms with Gasteiger partial charge in [0.05, 0.1) is 17.4 Å². The number of nitrogens with zero attached hydrogens (tertiary/aromatic N) is 3. The van der Waals surface area contributed by atoms with Crippen molar-refractivity contribution in [1.29, 1.82) is 0 Å². The Bertz CT molecular complexity index is 1250. The smallest absolute Gasteiger partial charge is 0.319 e. The van der Waals surface area contributed by atoms with Crippen molar-refractivity contribution in [3.8, 4) is 17.0 Å². The summed E-state index contributed by atoms with van der Waals surface area (Å²) >= 11 is 0. The molecule has 0 fully saturated rings. The predicted molar refractivity (Wildman–Crippen MR) is 157 cm³/mol. The van der Waals surface area contributed by atoms with E-state index in [1.54, 1.807) is 43.5 Å². The van der Waals surface area contributed by atoms with Gasteiger partial charge >= 0.3 is 6.03 Å². The minimum Gasteiger partial charge on any atom is -0.491 e. The Labute approximate surface area is 236 Å². The molecule has 1 atom stereocenters. The van der Waals surface area contributed by atoms with Gasteiger partial charge in [-0.15, -0.1) is 0 Å². The van der Waals surface area contributed by atoms with Gasteiger partial charge in [-0.1, -0.05) is 37.3 Å². The van der Waals surface area contributed by atoms with Crippen molar-refractivity contribution in [1.82, 2.24) is 20.1 Å². The van der Waals surface area contributed by atoms with E-state index in [1.165, 1.54) is 5.56 Å². The van der Waals surface area contributed by atoms with Crippen LogP contribution in [0.4, 0.5) is 10.5 Å². The zero-order chi connectivity index (χ0) is 28.3. The van der Waals surface area contributed by atoms with Gasteiger partial charge in [0, 0.05) is 64.3 Å². The molecule has 0 saturated carbocycles. The molecule has 0 radical (unpaired) electrons. The lowest BCUT2D eigenvalue weighted by Gasteiger charge is -2.29. The van der Waals surface area contributed by atoms with Crippen LogP contribution in [-0.2, 0) is 11.3 Å². The van der Waals surface area contributed by atoms with Crippen molar-refractivity contribution in [2.75, 3.05) is 52.3 Å². The Hall–Kier alpha value is -3.95. The quantitative estimate of drug-likeness (QED) is 0.449. The van der Waals surface area contributed by atoms with E-state index in [1.807, 2.05) is 25.1 Å². The van der Waals surface area contributed by atoms with Gasteiger partial charge in [-0.05, 0) is 48.7 Å². The van der Waals surface area contributed by atoms with Gasteiger partial charge in [-0.2, -0.15) is 0 Å². The molecule has 212 valence electrons. The number of urea groups is 1. The standard InChI is InChI=1S/C31H39N5O4/c1-4-15-33-31(38)34-25-12-13-29-27(20-25)30(37)35(2)22-26(39-3)14-17-36(18-19-40-29)21-23-8-10-24(11-9-23)28-7-5-6-16-32-28/h5-13,16,20,26H,4,14-15,17-19,21-22H2,1-3H3,(H2,33,34,38). The van der Waals surface area contributed by atoms with Gasteiger partial charge < -0.3 is 25.0 Å². The van der Waals surface area contributed by atoms with E-state index in [4.69, 9.17) is 9.47 Å². The van der Waals surface area contributed by atoms with Crippen LogP contribution >= 0.6 is 0 Å². The van der Waals surface area contributed by atoms with Gasteiger partial charge in [-0.3, -0.25) is 14.7 Å². The predicted octanol–water partition coefficient (Wildman–Crippen LogP) is 4.65. The third-order valence-electron chi connectivity index (χ3n) is 6.91. The molecule has 2 aromatic carbocycles. The Morgan fingerprint density at radius 2 is 1.95 bits per heavy atom. The van der Waals surface area contributed by atoms with E-state index in [0.29, 0.717) is 43.2 Å². The molecule has 9 nitrogen and oxygen atoms in total. The van der Waals surface area contributed by atoms with Gasteiger partial charge in [0.25, 0.3) is 5.91 Å². The third-order valence-corrected chi connectivity index (χ3v) is 6.91. The summed E-state index contributed by atoms with van der Waals surface area (Å²) in [6.45, 7) is 5.66. The van der Waals surface area contributed by atoms with Gasteiger partial charge in [0.15, 0.2) is 0 Å². The van der Waals surface area contributed by atoms with Crippen molar-refractivity contribution in [3.05, 3.63) is 78.0 Å². The number of rotatable bonds is 7. The van der Waals surface area contributed by atoms with Gasteiger partial charge in [0.1, 0.15) is 12.4 Å². The van der Waals surface area contributed by atoms with Crippen molar-refractivity contribution >= 4 is 17.6 Å². The van der Waals surface area contributed by atoms with Crippen molar-refractivity contribution in [2.45, 2.75) is 32.4 Å². The molecule has 3 aromatic rings. The van der Waals surface area contributed by atoms with Crippen LogP contribution in [0.15, 0.2) is 66.9 Å². The van der Waals surface area contributed by atoms with Gasteiger partial charge in [-0.25, -0.2) is 4.79 Å². The molecule has 0 bridgehead atoms. The van der Waals surface area contributed by atoms with Crippen LogP contribution in [0.25, 0.3) is 11.3 Å². The first-order valence-corrected chi connectivity index (χ1v) is 13.8. The number of ether oxygens (including phenoxy) is 2. The number of hydrogen-bond acceptors (Lipinski definition) is 6. The molecule has 3 amide bonds. The molecular formula is C31H39N5O4. The summed E-state index contributed by atoms with van der Waals surface area (Å²) < 4.78 is 11.9. The van der Waals surface area contributed by atoms with E-state index in [9.17, 15) is 9.59 Å². The molecule has 1 unspecified atom stereocenters. The largest absolute Gasteiger partial charge is 0.491 e. The molecular weight excluding hydrogens is 506 g/mol. The SMILES string of the molecule is CCCNC(=O)Nc1ccc2c(c1)C(=O)N(C)CC(OC)CCN(Cc1ccc(-c3ccccn3)cc1)CCO2. The average Bonchev–Trinajstić information content (AvgIpc) is 2.98. The van der Waals surface area contributed by atoms with Crippen molar-refractivity contribution in [3.63, 3.8) is 0 Å². The minimum atomic E-state index is -0.306. The number of fused-ring (bicyclic) bond motifs is 1. The average molecular weight is 546 g/mol. The van der Waals surface area contributed by atoms with E-state index in [2.05, 4.69) is 44.8 Å². The highest BCUT2D eigenvalue weighted by Crippen LogP contribution is 2.25. The second-order valence-electron chi connectivity index (χ2n) is 9.96. The number of anilines is 1. The lowest BCUT2D eigenvalue weighted by atomic mass is 10.1. The number of benzene rings is 2. The fraction of sp³-hybridized carbons (Fsp3) is 0.387. The summed E-state index contributed by atoms with van der Waals surface area (Å²) in [6.07, 6.45) is 3.29. The van der Waals surface area contributed by atoms with Crippen LogP contribution in [0.2, 0.25) is 0 Å². The highest BCUT2D eigenvalue weighted by Gasteiger charge is 2.23. The first-order valence-electron chi connectivity index (χ1n) is 13.8. The molecule has 0 aliphatic carbocycles. The topological polar surface area (TPSA) is 96.0 Å². The van der Waals surface area contributed by atoms with Gasteiger partial charge in [0.2, 0.25) is 0 Å². The van der Waals surface area contributed by atoms with Crippen LogP contribution in [0, 0.1) is 0 Å². The fourth-order valence-electron chi connectivity index (χ4n) is 4.65. The van der Waals surface area contributed by atoms with Crippen LogP contribution in [0.3, 0.4) is 0 Å². The summed E-state index contributed by atoms with van der Waals surface area (Å²) in [5.41, 5.74) is 4.17. The maximum Gasteiger partial charge on any atom is 0.319 e. The van der Waals surface area contributed by atoms with E-state index < -0.39 is 0 Å². The van der Waals surface area contributed by atoms with Crippen molar-refractivity contribution in [2.24, 2.45) is 0 Å². The van der Waals surface area contributed by atoms with Crippen molar-refractivity contribution < 1.29 is 19.1 Å². The maximum atomic E-state index is 13.4. The number of amides is 3. The summed E-state index contributed by atoms with van der Waals surface area (Å²) in [4.78, 5) is 34.0. The molecule has 1 aromatic heterocycles. The van der Waals surface area contributed by atoms with Crippen LogP contribution in [0.5, 0.6) is 5.75 Å². The number of nitrogens with one attached hydrogen (secondary N) is 2. The van der Waals surface area contributed by atoms with Crippen LogP contribution in [0.1, 0.15) is 35.7 Å². The molecule has 2 heterocycles. The summed E-state index contributed by atoms with van der Waals surface area (Å²) in [7, 11) is 3.45. The first kappa shape index (κ1) is 29.0. The molecule has 1 aliphatic heterocycles. The number of carbonyl (C=O) groups is 2. The molecule has 0 spiro atoms. The second kappa shape index (κ2) is 14.4. The Morgan fingerprint density at radius 1 is 1.12 bits per heavy atom. The Kier molecular flexibility index (Phi) is 10.5. The molecule has 40 heavy (non-hydrogen) atoms. The third kappa shape index (κ3) is 8.03. The Balaban J connectivity index is 1.49. The normalized spacial score (nSPS) is 16.7. The molecule has 0 saturated heterocycles. The maximum absolute atomic E-state index is 13.4. The molecule has 2 N–H and O–H groups in total. The second-order valence-corrected chi connectivity index (χ2v) is 9.96. The summed E-state index contributed by atoms with van der Waals surface area (Å²) in [6, 6.07) is 19.3. The minimum absolute atomic E-state index is 0.118. The Morgan fingerprint density at radius 3 is 2.67 bits per heavy atom. The van der Waals surface area contributed by atoms with Crippen LogP contribution in [-0.4, -0.2) is 79.8 Å². The molecule has 4 rings (SSSR count). The number of methoxy groups -OCH3 is 1. The molecule has 1 aliphatic rings. The van der Waals surface area contributed by atoms with E-state index in [-0.39, 0.29) is 18.0 Å². The zero-order valence-corrected chi connectivity index (χ0v) is 23.6. The highest BCUT2D eigenvalue weighted by atomic mass is 16.5. The number of carbonyl (C=O) groups excluding carboxylic acids is 2. The number of aromatic nitrogens is 1. The lowest BCUT2D eigenvalue weighted by Crippen LogP contribution is -2.39. The van der Waals surface area contributed by atoms with E-state index >= 15 is 0 Å². The number of likely N-dealkylation sites (N-methyl/N-ethyl adjacent to an activating group) is 1. The zero-order valence-electron chi connectivity index (χ0n) is 23.6. The number of pyridine rings is 1. The fourth-order valence-corrected chi connectivity index (χ4v) is 4.65. The molecule has 9 heteroatoms. The number of hydrogen-bond donors (Lipinski definition) is 2.